The summed E-state index contributed by atoms with van der Waals surface area (Å²) in [5.74, 6) is -0.463. The van der Waals surface area contributed by atoms with Crippen molar-refractivity contribution in [3.8, 4) is 11.6 Å². The van der Waals surface area contributed by atoms with E-state index >= 15 is 0 Å². The molecule has 0 bridgehead atoms. The van der Waals surface area contributed by atoms with Crippen molar-refractivity contribution in [2.24, 2.45) is 12.0 Å². The maximum Gasteiger partial charge on any atom is 0.334 e. The van der Waals surface area contributed by atoms with Gasteiger partial charge in [-0.05, 0) is 25.5 Å². The molecule has 0 saturated heterocycles. The summed E-state index contributed by atoms with van der Waals surface area (Å²) in [6.45, 7) is 7.54. The Kier molecular flexibility index (Phi) is 6.77. The summed E-state index contributed by atoms with van der Waals surface area (Å²) in [4.78, 5) is 42.8. The zero-order chi connectivity index (χ0) is 23.4. The van der Waals surface area contributed by atoms with Gasteiger partial charge in [0.25, 0.3) is 11.1 Å². The number of aromatic nitrogens is 4. The molecule has 3 rings (SSSR count). The van der Waals surface area contributed by atoms with E-state index in [1.54, 1.807) is 30.8 Å². The van der Waals surface area contributed by atoms with Crippen LogP contribution in [0.3, 0.4) is 0 Å². The molecule has 1 aromatic carbocycles. The maximum absolute atomic E-state index is 13.0. The first-order valence-electron chi connectivity index (χ1n) is 10.4. The zero-order valence-corrected chi connectivity index (χ0v) is 18.5. The molecule has 0 aliphatic carbocycles. The minimum Gasteiger partial charge on any atom is -0.494 e. The minimum atomic E-state index is -0.694. The lowest BCUT2D eigenvalue weighted by Crippen LogP contribution is -2.41. The lowest BCUT2D eigenvalue weighted by molar-refractivity contribution is 0.385. The number of aliphatic imine (C=N–C) groups is 1. The van der Waals surface area contributed by atoms with Crippen LogP contribution in [0.15, 0.2) is 62.4 Å². The molecule has 0 aliphatic rings. The van der Waals surface area contributed by atoms with Gasteiger partial charge >= 0.3 is 5.69 Å². The van der Waals surface area contributed by atoms with E-state index in [9.17, 15) is 19.5 Å². The van der Waals surface area contributed by atoms with Crippen LogP contribution < -0.4 is 16.8 Å². The number of hydrogen-bond donors (Lipinski definition) is 1. The first-order chi connectivity index (χ1) is 15.3. The van der Waals surface area contributed by atoms with Crippen LogP contribution in [0, 0.1) is 6.92 Å². The van der Waals surface area contributed by atoms with Crippen molar-refractivity contribution in [1.29, 1.82) is 0 Å². The molecule has 0 amide bonds. The number of benzene rings is 1. The first-order valence-corrected chi connectivity index (χ1v) is 10.4. The second-order valence-electron chi connectivity index (χ2n) is 7.40. The van der Waals surface area contributed by atoms with Gasteiger partial charge in [-0.15, -0.1) is 6.58 Å². The summed E-state index contributed by atoms with van der Waals surface area (Å²) in [5, 5.41) is 10.7. The van der Waals surface area contributed by atoms with Crippen LogP contribution in [-0.2, 0) is 20.1 Å². The molecule has 0 radical (unpaired) electrons. The van der Waals surface area contributed by atoms with E-state index in [-0.39, 0.29) is 29.9 Å². The third kappa shape index (κ3) is 4.01. The SMILES string of the molecule is C=CCn1c(=O)c(C=Nc2c(C)n(C)n(-c3ccccc3)c2=O)c(O)n(CCCC)c1=O. The van der Waals surface area contributed by atoms with E-state index in [0.29, 0.717) is 17.8 Å². The van der Waals surface area contributed by atoms with Crippen LogP contribution in [0.25, 0.3) is 5.69 Å². The quantitative estimate of drug-likeness (QED) is 0.431. The van der Waals surface area contributed by atoms with Gasteiger partial charge in [-0.25, -0.2) is 14.5 Å². The second kappa shape index (κ2) is 9.51. The Labute approximate surface area is 184 Å². The zero-order valence-electron chi connectivity index (χ0n) is 18.5. The van der Waals surface area contributed by atoms with Crippen LogP contribution in [0.5, 0.6) is 5.88 Å². The normalized spacial score (nSPS) is 11.3. The molecule has 2 heterocycles. The average molecular weight is 438 g/mol. The Balaban J connectivity index is 2.18. The highest BCUT2D eigenvalue weighted by Crippen LogP contribution is 2.18. The van der Waals surface area contributed by atoms with Crippen molar-refractivity contribution < 1.29 is 5.11 Å². The molecular weight excluding hydrogens is 410 g/mol. The Morgan fingerprint density at radius 1 is 1.09 bits per heavy atom. The number of rotatable bonds is 8. The molecule has 168 valence electrons. The van der Waals surface area contributed by atoms with Gasteiger partial charge in [-0.2, -0.15) is 0 Å². The van der Waals surface area contributed by atoms with Crippen molar-refractivity contribution in [2.75, 3.05) is 0 Å². The van der Waals surface area contributed by atoms with Crippen LogP contribution in [0.1, 0.15) is 31.0 Å². The van der Waals surface area contributed by atoms with Gasteiger partial charge in [0.1, 0.15) is 5.56 Å². The second-order valence-corrected chi connectivity index (χ2v) is 7.40. The number of para-hydroxylation sites is 1. The third-order valence-corrected chi connectivity index (χ3v) is 5.33. The van der Waals surface area contributed by atoms with Crippen molar-refractivity contribution in [3.63, 3.8) is 0 Å². The van der Waals surface area contributed by atoms with E-state index in [0.717, 1.165) is 21.8 Å². The van der Waals surface area contributed by atoms with Gasteiger partial charge in [0.2, 0.25) is 5.88 Å². The number of allylic oxidation sites excluding steroid dienone is 1. The van der Waals surface area contributed by atoms with E-state index in [1.165, 1.54) is 10.8 Å². The molecule has 32 heavy (non-hydrogen) atoms. The molecule has 0 fully saturated rings. The van der Waals surface area contributed by atoms with Crippen molar-refractivity contribution in [2.45, 2.75) is 39.8 Å². The predicted molar refractivity (Wildman–Crippen MR) is 125 cm³/mol. The van der Waals surface area contributed by atoms with Crippen LogP contribution in [-0.4, -0.2) is 29.8 Å². The van der Waals surface area contributed by atoms with E-state index in [4.69, 9.17) is 0 Å². The van der Waals surface area contributed by atoms with E-state index in [2.05, 4.69) is 11.6 Å². The Bertz CT molecular complexity index is 1340. The molecule has 1 N–H and O–H groups in total. The number of nitrogens with zero attached hydrogens (tertiary/aromatic N) is 5. The van der Waals surface area contributed by atoms with Crippen molar-refractivity contribution >= 4 is 11.9 Å². The molecule has 9 heteroatoms. The largest absolute Gasteiger partial charge is 0.494 e. The molecule has 3 aromatic rings. The highest BCUT2D eigenvalue weighted by Gasteiger charge is 2.19. The predicted octanol–water partition coefficient (Wildman–Crippen LogP) is 2.25. The van der Waals surface area contributed by atoms with E-state index in [1.807, 2.05) is 25.1 Å². The maximum atomic E-state index is 13.0. The van der Waals surface area contributed by atoms with Gasteiger partial charge in [0.05, 0.1) is 11.4 Å². The summed E-state index contributed by atoms with van der Waals surface area (Å²) in [6.07, 6.45) is 4.04. The fourth-order valence-corrected chi connectivity index (χ4v) is 3.46. The van der Waals surface area contributed by atoms with Crippen LogP contribution in [0.2, 0.25) is 0 Å². The summed E-state index contributed by atoms with van der Waals surface area (Å²) >= 11 is 0. The fourth-order valence-electron chi connectivity index (χ4n) is 3.46. The molecule has 0 aliphatic heterocycles. The summed E-state index contributed by atoms with van der Waals surface area (Å²) < 4.78 is 5.28. The topological polar surface area (TPSA) is 104 Å². The molecule has 0 unspecified atom stereocenters. The Morgan fingerprint density at radius 3 is 2.41 bits per heavy atom. The standard InChI is InChI=1S/C23H27N5O4/c1-5-7-14-27-21(30)18(20(29)26(13-6-2)23(27)32)15-24-19-16(3)25(4)28(22(19)31)17-11-9-8-10-12-17/h6,8-12,15,30H,2,5,7,13-14H2,1,3-4H3. The highest BCUT2D eigenvalue weighted by molar-refractivity contribution is 5.84. The van der Waals surface area contributed by atoms with E-state index < -0.39 is 17.1 Å². The Morgan fingerprint density at radius 2 is 1.78 bits per heavy atom. The Hall–Kier alpha value is -3.88. The average Bonchev–Trinajstić information content (AvgIpc) is 3.00. The van der Waals surface area contributed by atoms with Gasteiger partial charge in [-0.1, -0.05) is 37.6 Å². The molecule has 0 spiro atoms. The monoisotopic (exact) mass is 437 g/mol. The molecular formula is C23H27N5O4. The van der Waals surface area contributed by atoms with Crippen molar-refractivity contribution in [1.82, 2.24) is 18.5 Å². The van der Waals surface area contributed by atoms with Crippen LogP contribution in [0.4, 0.5) is 5.69 Å². The fraction of sp³-hybridized carbons (Fsp3) is 0.304. The summed E-state index contributed by atoms with van der Waals surface area (Å²) in [7, 11) is 1.74. The van der Waals surface area contributed by atoms with Gasteiger partial charge < -0.3 is 5.11 Å². The number of unbranched alkanes of at least 4 members (excludes halogenated alkanes) is 1. The number of hydrogen-bond acceptors (Lipinski definition) is 5. The van der Waals surface area contributed by atoms with Gasteiger partial charge in [-0.3, -0.25) is 23.4 Å². The molecule has 9 nitrogen and oxygen atoms in total. The van der Waals surface area contributed by atoms with Gasteiger partial charge in [0, 0.05) is 26.4 Å². The lowest BCUT2D eigenvalue weighted by Gasteiger charge is -2.13. The van der Waals surface area contributed by atoms with Crippen LogP contribution >= 0.6 is 0 Å². The summed E-state index contributed by atoms with van der Waals surface area (Å²) in [5.41, 5.74) is -0.429. The molecule has 0 saturated carbocycles. The first kappa shape index (κ1) is 22.8. The number of aromatic hydroxyl groups is 1. The molecule has 2 aromatic heterocycles. The third-order valence-electron chi connectivity index (χ3n) is 5.33. The lowest BCUT2D eigenvalue weighted by atomic mass is 10.3. The van der Waals surface area contributed by atoms with Crippen molar-refractivity contribution in [3.05, 3.63) is 85.4 Å². The van der Waals surface area contributed by atoms with Gasteiger partial charge in [0.15, 0.2) is 5.69 Å². The highest BCUT2D eigenvalue weighted by atomic mass is 16.3. The molecule has 0 atom stereocenters. The summed E-state index contributed by atoms with van der Waals surface area (Å²) in [6, 6.07) is 9.11. The smallest absolute Gasteiger partial charge is 0.334 e. The minimum absolute atomic E-state index is 0.00388.